The predicted molar refractivity (Wildman–Crippen MR) is 116 cm³/mol. The van der Waals surface area contributed by atoms with E-state index in [9.17, 15) is 0 Å². The van der Waals surface area contributed by atoms with Gasteiger partial charge in [-0.15, -0.1) is 30.6 Å². The van der Waals surface area contributed by atoms with E-state index in [1.807, 2.05) is 31.2 Å². The lowest BCUT2D eigenvalue weighted by molar-refractivity contribution is 0.169. The Morgan fingerprint density at radius 1 is 1.37 bits per heavy atom. The summed E-state index contributed by atoms with van der Waals surface area (Å²) in [5, 5.41) is 7.45. The summed E-state index contributed by atoms with van der Waals surface area (Å²) in [5.41, 5.74) is 0.994. The molecule has 1 fully saturated rings. The van der Waals surface area contributed by atoms with Gasteiger partial charge in [-0.2, -0.15) is 0 Å². The van der Waals surface area contributed by atoms with E-state index < -0.39 is 0 Å². The largest absolute Gasteiger partial charge is 0.469 e. The first-order valence-corrected chi connectivity index (χ1v) is 9.05. The van der Waals surface area contributed by atoms with Crippen LogP contribution in [0.5, 0.6) is 0 Å². The first-order chi connectivity index (χ1) is 12.7. The molecule has 1 aliphatic rings. The van der Waals surface area contributed by atoms with Crippen LogP contribution in [0.4, 0.5) is 0 Å². The Morgan fingerprint density at radius 3 is 2.81 bits per heavy atom. The van der Waals surface area contributed by atoms with Crippen LogP contribution in [0.3, 0.4) is 0 Å². The molecule has 148 valence electrons. The second-order valence-corrected chi connectivity index (χ2v) is 6.40. The number of hydrogen-bond donors (Lipinski definition) is 1. The van der Waals surface area contributed by atoms with Crippen molar-refractivity contribution in [2.45, 2.75) is 19.9 Å². The molecule has 0 saturated carbocycles. The van der Waals surface area contributed by atoms with E-state index in [-0.39, 0.29) is 24.0 Å². The van der Waals surface area contributed by atoms with Crippen molar-refractivity contribution >= 4 is 29.9 Å². The molecule has 0 amide bonds. The van der Waals surface area contributed by atoms with Gasteiger partial charge in [-0.25, -0.2) is 0 Å². The van der Waals surface area contributed by atoms with Crippen LogP contribution in [0, 0.1) is 6.92 Å². The monoisotopic (exact) mass is 485 g/mol. The molecule has 27 heavy (non-hydrogen) atoms. The number of aryl methyl sites for hydroxylation is 1. The summed E-state index contributed by atoms with van der Waals surface area (Å²) in [5.74, 6) is 2.76. The zero-order chi connectivity index (χ0) is 18.2. The Bertz CT molecular complexity index is 706. The van der Waals surface area contributed by atoms with Gasteiger partial charge in [0, 0.05) is 58.3 Å². The van der Waals surface area contributed by atoms with Crippen molar-refractivity contribution < 1.29 is 8.94 Å². The van der Waals surface area contributed by atoms with Crippen LogP contribution in [0.25, 0.3) is 0 Å². The molecular formula is C19H28IN5O2. The molecule has 2 aromatic rings. The number of guanidine groups is 1. The molecule has 0 aromatic carbocycles. The van der Waals surface area contributed by atoms with Crippen LogP contribution in [0.15, 0.2) is 51.0 Å². The highest BCUT2D eigenvalue weighted by molar-refractivity contribution is 14.0. The second-order valence-electron chi connectivity index (χ2n) is 6.40. The average Bonchev–Trinajstić information content (AvgIpc) is 3.30. The summed E-state index contributed by atoms with van der Waals surface area (Å²) >= 11 is 0. The number of halogens is 1. The molecule has 3 rings (SSSR count). The second kappa shape index (κ2) is 11.1. The highest BCUT2D eigenvalue weighted by Gasteiger charge is 2.20. The van der Waals surface area contributed by atoms with Crippen LogP contribution in [0.2, 0.25) is 0 Å². The van der Waals surface area contributed by atoms with Crippen molar-refractivity contribution in [1.82, 2.24) is 20.3 Å². The molecule has 1 N–H and O–H groups in total. The first kappa shape index (κ1) is 21.5. The Balaban J connectivity index is 0.00000261. The Kier molecular flexibility index (Phi) is 8.86. The summed E-state index contributed by atoms with van der Waals surface area (Å²) in [6, 6.07) is 5.89. The molecule has 1 saturated heterocycles. The maximum Gasteiger partial charge on any atom is 0.194 e. The third kappa shape index (κ3) is 6.69. The normalized spacial score (nSPS) is 15.4. The maximum atomic E-state index is 5.37. The number of furan rings is 1. The van der Waals surface area contributed by atoms with Gasteiger partial charge < -0.3 is 19.2 Å². The standard InChI is InChI=1S/C19H27N5O2.HI/c1-3-7-20-19(21-8-6-18-5-4-13-25-18)24-11-9-23(10-12-24)15-17-14-16(2)26-22-17;/h3-5,13-14H,1,6-12,15H2,2H3,(H,20,21);1H. The fourth-order valence-electron chi connectivity index (χ4n) is 3.00. The average molecular weight is 485 g/mol. The van der Waals surface area contributed by atoms with Gasteiger partial charge in [0.2, 0.25) is 0 Å². The van der Waals surface area contributed by atoms with Crippen LogP contribution >= 0.6 is 24.0 Å². The van der Waals surface area contributed by atoms with Gasteiger partial charge >= 0.3 is 0 Å². The SMILES string of the molecule is C=CCNC(=NCCc1ccco1)N1CCN(Cc2cc(C)on2)CC1.I. The van der Waals surface area contributed by atoms with Crippen molar-refractivity contribution in [1.29, 1.82) is 0 Å². The number of rotatable bonds is 7. The van der Waals surface area contributed by atoms with Crippen molar-refractivity contribution in [2.75, 3.05) is 39.3 Å². The molecule has 3 heterocycles. The lowest BCUT2D eigenvalue weighted by Crippen LogP contribution is -2.52. The van der Waals surface area contributed by atoms with Crippen molar-refractivity contribution in [2.24, 2.45) is 4.99 Å². The third-order valence-electron chi connectivity index (χ3n) is 4.34. The van der Waals surface area contributed by atoms with Gasteiger partial charge in [-0.1, -0.05) is 11.2 Å². The smallest absolute Gasteiger partial charge is 0.194 e. The van der Waals surface area contributed by atoms with Gasteiger partial charge in [0.1, 0.15) is 11.5 Å². The quantitative estimate of drug-likeness (QED) is 0.282. The molecule has 1 aliphatic heterocycles. The molecule has 7 nitrogen and oxygen atoms in total. The Hall–Kier alpha value is -1.81. The van der Waals surface area contributed by atoms with Gasteiger partial charge in [0.15, 0.2) is 5.96 Å². The van der Waals surface area contributed by atoms with Gasteiger partial charge in [-0.05, 0) is 19.1 Å². The third-order valence-corrected chi connectivity index (χ3v) is 4.34. The molecule has 0 bridgehead atoms. The molecule has 0 spiro atoms. The van der Waals surface area contributed by atoms with E-state index >= 15 is 0 Å². The van der Waals surface area contributed by atoms with Crippen LogP contribution < -0.4 is 5.32 Å². The predicted octanol–water partition coefficient (Wildman–Crippen LogP) is 2.69. The van der Waals surface area contributed by atoms with Gasteiger partial charge in [-0.3, -0.25) is 9.89 Å². The summed E-state index contributed by atoms with van der Waals surface area (Å²) in [6.45, 7) is 11.7. The molecule has 0 radical (unpaired) electrons. The molecule has 2 aromatic heterocycles. The fourth-order valence-corrected chi connectivity index (χ4v) is 3.00. The van der Waals surface area contributed by atoms with Crippen molar-refractivity contribution in [3.8, 4) is 0 Å². The summed E-state index contributed by atoms with van der Waals surface area (Å²) in [6.07, 6.45) is 4.36. The van der Waals surface area contributed by atoms with E-state index in [2.05, 4.69) is 26.9 Å². The Morgan fingerprint density at radius 2 is 2.19 bits per heavy atom. The topological polar surface area (TPSA) is 70.0 Å². The van der Waals surface area contributed by atoms with Crippen LogP contribution in [-0.4, -0.2) is 60.2 Å². The highest BCUT2D eigenvalue weighted by Crippen LogP contribution is 2.09. The summed E-state index contributed by atoms with van der Waals surface area (Å²) < 4.78 is 10.5. The molecular weight excluding hydrogens is 457 g/mol. The number of nitrogens with zero attached hydrogens (tertiary/aromatic N) is 4. The van der Waals surface area contributed by atoms with E-state index in [0.717, 1.165) is 62.3 Å². The van der Waals surface area contributed by atoms with E-state index in [1.54, 1.807) is 6.26 Å². The first-order valence-electron chi connectivity index (χ1n) is 9.05. The Labute approximate surface area is 177 Å². The van der Waals surface area contributed by atoms with E-state index in [1.165, 1.54) is 0 Å². The summed E-state index contributed by atoms with van der Waals surface area (Å²) in [4.78, 5) is 9.44. The van der Waals surface area contributed by atoms with E-state index in [0.29, 0.717) is 13.1 Å². The minimum absolute atomic E-state index is 0. The molecule has 0 unspecified atom stereocenters. The van der Waals surface area contributed by atoms with Crippen LogP contribution in [-0.2, 0) is 13.0 Å². The number of piperazine rings is 1. The molecule has 8 heteroatoms. The fraction of sp³-hybridized carbons (Fsp3) is 0.474. The van der Waals surface area contributed by atoms with Crippen LogP contribution in [0.1, 0.15) is 17.2 Å². The highest BCUT2D eigenvalue weighted by atomic mass is 127. The number of nitrogens with one attached hydrogen (secondary N) is 1. The summed E-state index contributed by atoms with van der Waals surface area (Å²) in [7, 11) is 0. The zero-order valence-electron chi connectivity index (χ0n) is 15.8. The lowest BCUT2D eigenvalue weighted by Gasteiger charge is -2.36. The zero-order valence-corrected chi connectivity index (χ0v) is 18.1. The molecule has 0 atom stereocenters. The minimum atomic E-state index is 0. The molecule has 0 aliphatic carbocycles. The number of aliphatic imine (C=N–C) groups is 1. The lowest BCUT2D eigenvalue weighted by atomic mass is 10.3. The number of hydrogen-bond acceptors (Lipinski definition) is 5. The van der Waals surface area contributed by atoms with Crippen molar-refractivity contribution in [3.05, 3.63) is 54.3 Å². The number of aromatic nitrogens is 1. The van der Waals surface area contributed by atoms with Crippen molar-refractivity contribution in [3.63, 3.8) is 0 Å². The van der Waals surface area contributed by atoms with Gasteiger partial charge in [0.05, 0.1) is 12.0 Å². The van der Waals surface area contributed by atoms with E-state index in [4.69, 9.17) is 13.9 Å². The van der Waals surface area contributed by atoms with Gasteiger partial charge in [0.25, 0.3) is 0 Å². The maximum absolute atomic E-state index is 5.37. The minimum Gasteiger partial charge on any atom is -0.469 e.